The number of aromatic nitrogens is 2. The molecule has 0 radical (unpaired) electrons. The number of nitrogens with zero attached hydrogens (tertiary/aromatic N) is 3. The average molecular weight is 208 g/mol. The van der Waals surface area contributed by atoms with E-state index in [9.17, 15) is 5.11 Å². The minimum absolute atomic E-state index is 0.101. The van der Waals surface area contributed by atoms with E-state index < -0.39 is 0 Å². The largest absolute Gasteiger partial charge is 0.396 e. The third-order valence-electron chi connectivity index (χ3n) is 2.74. The summed E-state index contributed by atoms with van der Waals surface area (Å²) in [6, 6.07) is 0. The molecule has 0 aromatic carbocycles. The van der Waals surface area contributed by atoms with Crippen LogP contribution >= 0.6 is 0 Å². The minimum Gasteiger partial charge on any atom is -0.396 e. The normalized spacial score (nSPS) is 24.7. The summed E-state index contributed by atoms with van der Waals surface area (Å²) in [5.74, 6) is 1.25. The van der Waals surface area contributed by atoms with E-state index in [-0.39, 0.29) is 6.10 Å². The third-order valence-corrected chi connectivity index (χ3v) is 2.74. The van der Waals surface area contributed by atoms with Gasteiger partial charge in [0.05, 0.1) is 24.2 Å². The second kappa shape index (κ2) is 4.02. The predicted octanol–water partition coefficient (Wildman–Crippen LogP) is 0.266. The highest BCUT2D eigenvalue weighted by atomic mass is 16.3. The smallest absolute Gasteiger partial charge is 0.225 e. The SMILES string of the molecule is CN(CC1CC(O)C1)c1ncc(N)cn1. The molecule has 1 heterocycles. The first-order valence-electron chi connectivity index (χ1n) is 5.12. The van der Waals surface area contributed by atoms with E-state index in [4.69, 9.17) is 5.73 Å². The first-order valence-corrected chi connectivity index (χ1v) is 5.12. The molecule has 0 amide bonds. The Hall–Kier alpha value is -1.36. The highest BCUT2D eigenvalue weighted by Gasteiger charge is 2.28. The van der Waals surface area contributed by atoms with Gasteiger partial charge in [0, 0.05) is 13.6 Å². The molecule has 0 unspecified atom stereocenters. The van der Waals surface area contributed by atoms with Crippen LogP contribution in [0.2, 0.25) is 0 Å². The molecule has 1 aliphatic rings. The van der Waals surface area contributed by atoms with Gasteiger partial charge in [-0.2, -0.15) is 0 Å². The van der Waals surface area contributed by atoms with Crippen molar-refractivity contribution in [2.75, 3.05) is 24.2 Å². The lowest BCUT2D eigenvalue weighted by atomic mass is 9.82. The van der Waals surface area contributed by atoms with Crippen LogP contribution < -0.4 is 10.6 Å². The van der Waals surface area contributed by atoms with Crippen molar-refractivity contribution in [3.05, 3.63) is 12.4 Å². The van der Waals surface area contributed by atoms with Crippen LogP contribution in [0.4, 0.5) is 11.6 Å². The molecule has 5 nitrogen and oxygen atoms in total. The third kappa shape index (κ3) is 2.36. The summed E-state index contributed by atoms with van der Waals surface area (Å²) in [6.07, 6.45) is 4.89. The van der Waals surface area contributed by atoms with Gasteiger partial charge in [-0.1, -0.05) is 0 Å². The maximum absolute atomic E-state index is 9.17. The van der Waals surface area contributed by atoms with Crippen molar-refractivity contribution in [3.8, 4) is 0 Å². The molecule has 0 saturated heterocycles. The second-order valence-corrected chi connectivity index (χ2v) is 4.19. The summed E-state index contributed by atoms with van der Waals surface area (Å²) in [5.41, 5.74) is 6.08. The van der Waals surface area contributed by atoms with Crippen LogP contribution in [0, 0.1) is 5.92 Å². The maximum Gasteiger partial charge on any atom is 0.225 e. The molecule has 1 aromatic rings. The van der Waals surface area contributed by atoms with E-state index >= 15 is 0 Å². The zero-order valence-corrected chi connectivity index (χ0v) is 8.80. The molecular formula is C10H16N4O. The highest BCUT2D eigenvalue weighted by molar-refractivity contribution is 5.37. The molecular weight excluding hydrogens is 192 g/mol. The average Bonchev–Trinajstić information content (AvgIpc) is 2.16. The first kappa shape index (κ1) is 10.2. The van der Waals surface area contributed by atoms with Gasteiger partial charge < -0.3 is 15.7 Å². The molecule has 82 valence electrons. The number of rotatable bonds is 3. The van der Waals surface area contributed by atoms with Crippen LogP contribution in [0.3, 0.4) is 0 Å². The number of aliphatic hydroxyl groups excluding tert-OH is 1. The zero-order chi connectivity index (χ0) is 10.8. The molecule has 1 aromatic heterocycles. The van der Waals surface area contributed by atoms with Crippen molar-refractivity contribution in [3.63, 3.8) is 0 Å². The maximum atomic E-state index is 9.17. The Labute approximate surface area is 88.9 Å². The first-order chi connectivity index (χ1) is 7.15. The Morgan fingerprint density at radius 2 is 2.07 bits per heavy atom. The number of nitrogen functional groups attached to an aromatic ring is 1. The molecule has 1 aliphatic carbocycles. The monoisotopic (exact) mass is 208 g/mol. The number of nitrogens with two attached hydrogens (primary N) is 1. The van der Waals surface area contributed by atoms with E-state index in [1.54, 1.807) is 12.4 Å². The van der Waals surface area contributed by atoms with Crippen molar-refractivity contribution < 1.29 is 5.11 Å². The number of anilines is 2. The van der Waals surface area contributed by atoms with Gasteiger partial charge in [0.1, 0.15) is 0 Å². The van der Waals surface area contributed by atoms with Crippen molar-refractivity contribution in [1.29, 1.82) is 0 Å². The Balaban J connectivity index is 1.90. The Morgan fingerprint density at radius 3 is 2.60 bits per heavy atom. The fourth-order valence-electron chi connectivity index (χ4n) is 1.85. The van der Waals surface area contributed by atoms with Crippen LogP contribution in [0.25, 0.3) is 0 Å². The van der Waals surface area contributed by atoms with E-state index in [2.05, 4.69) is 9.97 Å². The summed E-state index contributed by atoms with van der Waals surface area (Å²) in [7, 11) is 1.95. The summed E-state index contributed by atoms with van der Waals surface area (Å²) in [4.78, 5) is 10.3. The number of hydrogen-bond acceptors (Lipinski definition) is 5. The lowest BCUT2D eigenvalue weighted by Crippen LogP contribution is -2.37. The van der Waals surface area contributed by atoms with E-state index in [1.807, 2.05) is 11.9 Å². The lowest BCUT2D eigenvalue weighted by Gasteiger charge is -2.34. The molecule has 1 saturated carbocycles. The standard InChI is InChI=1S/C10H16N4O/c1-14(6-7-2-9(15)3-7)10-12-4-8(11)5-13-10/h4-5,7,9,15H,2-3,6,11H2,1H3. The van der Waals surface area contributed by atoms with E-state index in [0.717, 1.165) is 19.4 Å². The van der Waals surface area contributed by atoms with Gasteiger partial charge in [-0.15, -0.1) is 0 Å². The van der Waals surface area contributed by atoms with Crippen molar-refractivity contribution >= 4 is 11.6 Å². The van der Waals surface area contributed by atoms with Crippen molar-refractivity contribution in [1.82, 2.24) is 9.97 Å². The number of hydrogen-bond donors (Lipinski definition) is 2. The van der Waals surface area contributed by atoms with Gasteiger partial charge in [0.25, 0.3) is 0 Å². The number of aliphatic hydroxyl groups is 1. The Kier molecular flexibility index (Phi) is 2.73. The zero-order valence-electron chi connectivity index (χ0n) is 8.80. The van der Waals surface area contributed by atoms with Crippen LogP contribution in [0.1, 0.15) is 12.8 Å². The summed E-state index contributed by atoms with van der Waals surface area (Å²) in [5, 5.41) is 9.17. The fraction of sp³-hybridized carbons (Fsp3) is 0.600. The van der Waals surface area contributed by atoms with Gasteiger partial charge in [0.2, 0.25) is 5.95 Å². The molecule has 0 atom stereocenters. The minimum atomic E-state index is -0.101. The van der Waals surface area contributed by atoms with Gasteiger partial charge in [0.15, 0.2) is 0 Å². The fourth-order valence-corrected chi connectivity index (χ4v) is 1.85. The molecule has 2 rings (SSSR count). The van der Waals surface area contributed by atoms with Crippen molar-refractivity contribution in [2.45, 2.75) is 18.9 Å². The molecule has 3 N–H and O–H groups in total. The topological polar surface area (TPSA) is 75.3 Å². The molecule has 0 aliphatic heterocycles. The summed E-state index contributed by atoms with van der Waals surface area (Å²) < 4.78 is 0. The quantitative estimate of drug-likeness (QED) is 0.745. The molecule has 5 heteroatoms. The highest BCUT2D eigenvalue weighted by Crippen LogP contribution is 2.28. The molecule has 0 bridgehead atoms. The van der Waals surface area contributed by atoms with Gasteiger partial charge in [-0.3, -0.25) is 0 Å². The Morgan fingerprint density at radius 1 is 1.47 bits per heavy atom. The van der Waals surface area contributed by atoms with Crippen LogP contribution in [-0.4, -0.2) is 34.8 Å². The molecule has 0 spiro atoms. The van der Waals surface area contributed by atoms with Gasteiger partial charge in [-0.05, 0) is 18.8 Å². The lowest BCUT2D eigenvalue weighted by molar-refractivity contribution is 0.0463. The summed E-state index contributed by atoms with van der Waals surface area (Å²) in [6.45, 7) is 0.890. The van der Waals surface area contributed by atoms with Crippen LogP contribution in [0.15, 0.2) is 12.4 Å². The molecule has 15 heavy (non-hydrogen) atoms. The second-order valence-electron chi connectivity index (χ2n) is 4.19. The van der Waals surface area contributed by atoms with E-state index in [0.29, 0.717) is 17.6 Å². The van der Waals surface area contributed by atoms with Gasteiger partial charge >= 0.3 is 0 Å². The summed E-state index contributed by atoms with van der Waals surface area (Å²) >= 11 is 0. The van der Waals surface area contributed by atoms with Gasteiger partial charge in [-0.25, -0.2) is 9.97 Å². The van der Waals surface area contributed by atoms with Crippen LogP contribution in [0.5, 0.6) is 0 Å². The van der Waals surface area contributed by atoms with Crippen LogP contribution in [-0.2, 0) is 0 Å². The van der Waals surface area contributed by atoms with Crippen molar-refractivity contribution in [2.24, 2.45) is 5.92 Å². The van der Waals surface area contributed by atoms with E-state index in [1.165, 1.54) is 0 Å². The molecule has 1 fully saturated rings. The predicted molar refractivity (Wildman–Crippen MR) is 58.4 cm³/mol. The Bertz CT molecular complexity index is 321.